The van der Waals surface area contributed by atoms with Gasteiger partial charge in [0.1, 0.15) is 6.54 Å². The number of carboxylic acids is 1. The topological polar surface area (TPSA) is 69.6 Å². The lowest BCUT2D eigenvalue weighted by molar-refractivity contribution is -0.138. The first-order valence-electron chi connectivity index (χ1n) is 6.81. The van der Waals surface area contributed by atoms with E-state index in [2.05, 4.69) is 18.3 Å². The molecule has 0 aliphatic carbocycles. The SMILES string of the molecule is CCc1ccc(CNC(=O)N(CC(=O)O)C(C)CC)s1. The van der Waals surface area contributed by atoms with Crippen LogP contribution in [0.25, 0.3) is 0 Å². The normalized spacial score (nSPS) is 11.9. The molecule has 0 saturated carbocycles. The lowest BCUT2D eigenvalue weighted by atomic mass is 10.2. The lowest BCUT2D eigenvalue weighted by Crippen LogP contribution is -2.47. The fourth-order valence-electron chi connectivity index (χ4n) is 1.77. The highest BCUT2D eigenvalue weighted by atomic mass is 32.1. The van der Waals surface area contributed by atoms with Crippen molar-refractivity contribution >= 4 is 23.3 Å². The van der Waals surface area contributed by atoms with E-state index in [0.717, 1.165) is 17.7 Å². The Morgan fingerprint density at radius 3 is 2.50 bits per heavy atom. The van der Waals surface area contributed by atoms with Crippen LogP contribution in [0.4, 0.5) is 4.79 Å². The van der Waals surface area contributed by atoms with Crippen LogP contribution in [0.2, 0.25) is 0 Å². The molecule has 1 unspecified atom stereocenters. The standard InChI is InChI=1S/C14H22N2O3S/c1-4-10(3)16(9-13(17)18)14(19)15-8-12-7-6-11(5-2)20-12/h6-7,10H,4-5,8-9H2,1-3H3,(H,15,19)(H,17,18). The fourth-order valence-corrected chi connectivity index (χ4v) is 2.66. The molecule has 5 nitrogen and oxygen atoms in total. The van der Waals surface area contributed by atoms with Crippen LogP contribution in [0, 0.1) is 0 Å². The first-order valence-corrected chi connectivity index (χ1v) is 7.63. The van der Waals surface area contributed by atoms with E-state index < -0.39 is 5.97 Å². The van der Waals surface area contributed by atoms with Crippen molar-refractivity contribution in [2.45, 2.75) is 46.2 Å². The van der Waals surface area contributed by atoms with E-state index in [-0.39, 0.29) is 18.6 Å². The Labute approximate surface area is 123 Å². The number of carbonyl (C=O) groups excluding carboxylic acids is 1. The molecule has 2 N–H and O–H groups in total. The van der Waals surface area contributed by atoms with Crippen molar-refractivity contribution in [2.75, 3.05) is 6.54 Å². The van der Waals surface area contributed by atoms with E-state index in [9.17, 15) is 9.59 Å². The van der Waals surface area contributed by atoms with Gasteiger partial charge in [-0.2, -0.15) is 0 Å². The third-order valence-corrected chi connectivity index (χ3v) is 4.40. The van der Waals surface area contributed by atoms with Gasteiger partial charge in [-0.25, -0.2) is 4.79 Å². The summed E-state index contributed by atoms with van der Waals surface area (Å²) in [5.74, 6) is -0.996. The Morgan fingerprint density at radius 1 is 1.35 bits per heavy atom. The van der Waals surface area contributed by atoms with Crippen molar-refractivity contribution in [3.05, 3.63) is 21.9 Å². The van der Waals surface area contributed by atoms with E-state index in [0.29, 0.717) is 6.54 Å². The summed E-state index contributed by atoms with van der Waals surface area (Å²) in [6.07, 6.45) is 1.70. The first kappa shape index (κ1) is 16.5. The highest BCUT2D eigenvalue weighted by Gasteiger charge is 2.21. The Balaban J connectivity index is 2.59. The number of aryl methyl sites for hydroxylation is 1. The predicted octanol–water partition coefficient (Wildman–Crippen LogP) is 2.71. The van der Waals surface area contributed by atoms with Gasteiger partial charge in [0.05, 0.1) is 6.54 Å². The lowest BCUT2D eigenvalue weighted by Gasteiger charge is -2.26. The molecule has 1 aromatic heterocycles. The van der Waals surface area contributed by atoms with Crippen LogP contribution < -0.4 is 5.32 Å². The second-order valence-corrected chi connectivity index (χ2v) is 5.91. The molecule has 0 aliphatic rings. The van der Waals surface area contributed by atoms with Crippen LogP contribution in [0.5, 0.6) is 0 Å². The first-order chi connectivity index (χ1) is 9.47. The number of urea groups is 1. The molecule has 0 saturated heterocycles. The van der Waals surface area contributed by atoms with Crippen LogP contribution >= 0.6 is 11.3 Å². The van der Waals surface area contributed by atoms with Crippen molar-refractivity contribution in [3.8, 4) is 0 Å². The van der Waals surface area contributed by atoms with Gasteiger partial charge in [0.25, 0.3) is 0 Å². The van der Waals surface area contributed by atoms with Gasteiger partial charge >= 0.3 is 12.0 Å². The van der Waals surface area contributed by atoms with Crippen molar-refractivity contribution in [1.82, 2.24) is 10.2 Å². The molecule has 1 rings (SSSR count). The highest BCUT2D eigenvalue weighted by molar-refractivity contribution is 7.11. The van der Waals surface area contributed by atoms with Gasteiger partial charge in [-0.15, -0.1) is 11.3 Å². The average Bonchev–Trinajstić information content (AvgIpc) is 2.89. The number of rotatable bonds is 7. The monoisotopic (exact) mass is 298 g/mol. The number of thiophene rings is 1. The van der Waals surface area contributed by atoms with Crippen LogP contribution in [0.3, 0.4) is 0 Å². The van der Waals surface area contributed by atoms with E-state index in [1.165, 1.54) is 9.78 Å². The number of nitrogens with one attached hydrogen (secondary N) is 1. The molecule has 1 aromatic rings. The van der Waals surface area contributed by atoms with Crippen molar-refractivity contribution in [1.29, 1.82) is 0 Å². The summed E-state index contributed by atoms with van der Waals surface area (Å²) < 4.78 is 0. The van der Waals surface area contributed by atoms with Crippen LogP contribution in [0.1, 0.15) is 36.9 Å². The minimum absolute atomic E-state index is 0.0966. The molecule has 20 heavy (non-hydrogen) atoms. The second-order valence-electron chi connectivity index (χ2n) is 4.66. The van der Waals surface area contributed by atoms with Gasteiger partial charge in [0.15, 0.2) is 0 Å². The summed E-state index contributed by atoms with van der Waals surface area (Å²) in [7, 11) is 0. The molecule has 1 heterocycles. The third-order valence-electron chi connectivity index (χ3n) is 3.17. The summed E-state index contributed by atoms with van der Waals surface area (Å²) in [6.45, 7) is 6.04. The molecular formula is C14H22N2O3S. The van der Waals surface area contributed by atoms with Gasteiger partial charge < -0.3 is 15.3 Å². The molecule has 0 spiro atoms. The Bertz CT molecular complexity index is 459. The molecule has 0 aromatic carbocycles. The van der Waals surface area contributed by atoms with E-state index in [1.54, 1.807) is 11.3 Å². The summed E-state index contributed by atoms with van der Waals surface area (Å²) in [6, 6.07) is 3.62. The maximum Gasteiger partial charge on any atom is 0.323 e. The number of carboxylic acid groups (broad SMARTS) is 1. The summed E-state index contributed by atoms with van der Waals surface area (Å²) >= 11 is 1.67. The van der Waals surface area contributed by atoms with Crippen molar-refractivity contribution in [2.24, 2.45) is 0 Å². The molecule has 0 fully saturated rings. The van der Waals surface area contributed by atoms with E-state index in [4.69, 9.17) is 5.11 Å². The minimum atomic E-state index is -0.996. The third kappa shape index (κ3) is 4.85. The minimum Gasteiger partial charge on any atom is -0.480 e. The summed E-state index contributed by atoms with van der Waals surface area (Å²) in [5, 5.41) is 11.7. The average molecular weight is 298 g/mol. The Morgan fingerprint density at radius 2 is 2.00 bits per heavy atom. The number of carbonyl (C=O) groups is 2. The fraction of sp³-hybridized carbons (Fsp3) is 0.571. The van der Waals surface area contributed by atoms with Gasteiger partial charge in [-0.05, 0) is 31.9 Å². The quantitative estimate of drug-likeness (QED) is 0.813. The molecule has 0 aliphatic heterocycles. The molecule has 0 radical (unpaired) electrons. The predicted molar refractivity (Wildman–Crippen MR) is 80.0 cm³/mol. The van der Waals surface area contributed by atoms with Gasteiger partial charge in [-0.3, -0.25) is 4.79 Å². The zero-order valence-electron chi connectivity index (χ0n) is 12.2. The number of aliphatic carboxylic acids is 1. The maximum atomic E-state index is 12.1. The van der Waals surface area contributed by atoms with Crippen LogP contribution in [-0.4, -0.2) is 34.6 Å². The number of hydrogen-bond acceptors (Lipinski definition) is 3. The summed E-state index contributed by atoms with van der Waals surface area (Å²) in [4.78, 5) is 26.6. The molecular weight excluding hydrogens is 276 g/mol. The van der Waals surface area contributed by atoms with E-state index >= 15 is 0 Å². The number of nitrogens with zero attached hydrogens (tertiary/aromatic N) is 1. The van der Waals surface area contributed by atoms with Gasteiger partial charge in [-0.1, -0.05) is 13.8 Å². The molecule has 1 atom stereocenters. The molecule has 2 amide bonds. The maximum absolute atomic E-state index is 12.1. The zero-order chi connectivity index (χ0) is 15.1. The largest absolute Gasteiger partial charge is 0.480 e. The van der Waals surface area contributed by atoms with E-state index in [1.807, 2.05) is 19.9 Å². The number of amides is 2. The highest BCUT2D eigenvalue weighted by Crippen LogP contribution is 2.16. The molecule has 6 heteroatoms. The molecule has 0 bridgehead atoms. The Kier molecular flexibility index (Phi) is 6.51. The smallest absolute Gasteiger partial charge is 0.323 e. The van der Waals surface area contributed by atoms with Gasteiger partial charge in [0, 0.05) is 15.8 Å². The number of hydrogen-bond donors (Lipinski definition) is 2. The van der Waals surface area contributed by atoms with Crippen molar-refractivity contribution in [3.63, 3.8) is 0 Å². The van der Waals surface area contributed by atoms with Gasteiger partial charge in [0.2, 0.25) is 0 Å². The zero-order valence-corrected chi connectivity index (χ0v) is 13.0. The van der Waals surface area contributed by atoms with Crippen LogP contribution in [-0.2, 0) is 17.8 Å². The summed E-state index contributed by atoms with van der Waals surface area (Å²) in [5.41, 5.74) is 0. The van der Waals surface area contributed by atoms with Crippen LogP contribution in [0.15, 0.2) is 12.1 Å². The van der Waals surface area contributed by atoms with Crippen molar-refractivity contribution < 1.29 is 14.7 Å². The second kappa shape index (κ2) is 7.89. The Hall–Kier alpha value is -1.56. The molecule has 112 valence electrons.